The maximum absolute atomic E-state index is 9.23. The molecule has 0 aromatic heterocycles. The van der Waals surface area contributed by atoms with E-state index in [1.54, 1.807) is 0 Å². The number of nitrogens with zero attached hydrogens (tertiary/aromatic N) is 1. The first-order valence-electron chi connectivity index (χ1n) is 6.37. The Labute approximate surface area is 115 Å². The van der Waals surface area contributed by atoms with Crippen LogP contribution in [0.1, 0.15) is 38.7 Å². The topological polar surface area (TPSA) is 33.0 Å². The van der Waals surface area contributed by atoms with Gasteiger partial charge in [-0.1, -0.05) is 25.4 Å². The Morgan fingerprint density at radius 3 is 2.50 bits per heavy atom. The summed E-state index contributed by atoms with van der Waals surface area (Å²) in [5.41, 5.74) is 0.758. The van der Waals surface area contributed by atoms with Crippen molar-refractivity contribution in [1.82, 2.24) is 0 Å². The zero-order valence-corrected chi connectivity index (χ0v) is 12.0. The highest BCUT2D eigenvalue weighted by Crippen LogP contribution is 2.30. The van der Waals surface area contributed by atoms with Gasteiger partial charge >= 0.3 is 0 Å². The molecule has 0 radical (unpaired) electrons. The molecule has 1 aromatic rings. The molecule has 18 heavy (non-hydrogen) atoms. The lowest BCUT2D eigenvalue weighted by Crippen LogP contribution is -2.19. The highest BCUT2D eigenvalue weighted by molar-refractivity contribution is 6.31. The third kappa shape index (κ3) is 3.65. The molecule has 1 rings (SSSR count). The van der Waals surface area contributed by atoms with E-state index in [0.29, 0.717) is 6.61 Å². The first-order valence-corrected chi connectivity index (χ1v) is 6.75. The predicted octanol–water partition coefficient (Wildman–Crippen LogP) is 4.75. The van der Waals surface area contributed by atoms with Crippen molar-refractivity contribution in [1.29, 1.82) is 5.26 Å². The second-order valence-corrected chi connectivity index (χ2v) is 5.02. The van der Waals surface area contributed by atoms with Crippen LogP contribution in [0.15, 0.2) is 18.2 Å². The molecule has 0 N–H and O–H groups in total. The van der Waals surface area contributed by atoms with Gasteiger partial charge in [-0.3, -0.25) is 0 Å². The molecular formula is C15H20ClNO. The summed E-state index contributed by atoms with van der Waals surface area (Å²) in [7, 11) is 0. The zero-order valence-electron chi connectivity index (χ0n) is 11.3. The summed E-state index contributed by atoms with van der Waals surface area (Å²) in [5, 5.41) is 9.98. The molecule has 0 aliphatic carbocycles. The van der Waals surface area contributed by atoms with Crippen LogP contribution in [0.4, 0.5) is 0 Å². The summed E-state index contributed by atoms with van der Waals surface area (Å²) in [6, 6.07) is 8.04. The second kappa shape index (κ2) is 6.66. The fraction of sp³-hybridized carbons (Fsp3) is 0.533. The third-order valence-corrected chi connectivity index (χ3v) is 3.99. The summed E-state index contributed by atoms with van der Waals surface area (Å²) in [5.74, 6) is 0.816. The quantitative estimate of drug-likeness (QED) is 0.744. The smallest absolute Gasteiger partial charge is 0.119 e. The fourth-order valence-electron chi connectivity index (χ4n) is 1.89. The van der Waals surface area contributed by atoms with Gasteiger partial charge in [-0.05, 0) is 43.5 Å². The molecule has 3 heteroatoms. The molecule has 0 spiro atoms. The fourth-order valence-corrected chi connectivity index (χ4v) is 2.01. The number of rotatable bonds is 6. The van der Waals surface area contributed by atoms with Crippen molar-refractivity contribution >= 4 is 11.6 Å². The molecular weight excluding hydrogens is 246 g/mol. The Morgan fingerprint density at radius 2 is 2.00 bits per heavy atom. The lowest BCUT2D eigenvalue weighted by atomic mass is 9.81. The molecule has 0 saturated carbocycles. The van der Waals surface area contributed by atoms with Crippen molar-refractivity contribution in [2.75, 3.05) is 6.61 Å². The molecule has 0 heterocycles. The van der Waals surface area contributed by atoms with Crippen LogP contribution in [-0.4, -0.2) is 6.61 Å². The predicted molar refractivity (Wildman–Crippen MR) is 74.9 cm³/mol. The Kier molecular flexibility index (Phi) is 5.50. The van der Waals surface area contributed by atoms with E-state index >= 15 is 0 Å². The van der Waals surface area contributed by atoms with Crippen LogP contribution in [0, 0.1) is 23.7 Å². The average molecular weight is 266 g/mol. The maximum atomic E-state index is 9.23. The van der Waals surface area contributed by atoms with Gasteiger partial charge in [0.05, 0.1) is 18.1 Å². The van der Waals surface area contributed by atoms with Crippen molar-refractivity contribution < 1.29 is 4.74 Å². The molecule has 1 aromatic carbocycles. The number of halogens is 1. The molecule has 2 nitrogen and oxygen atoms in total. The van der Waals surface area contributed by atoms with E-state index in [0.717, 1.165) is 35.6 Å². The summed E-state index contributed by atoms with van der Waals surface area (Å²) >= 11 is 5.96. The van der Waals surface area contributed by atoms with Gasteiger partial charge in [-0.15, -0.1) is 0 Å². The van der Waals surface area contributed by atoms with Gasteiger partial charge < -0.3 is 4.74 Å². The van der Waals surface area contributed by atoms with Crippen LogP contribution in [0.3, 0.4) is 0 Å². The van der Waals surface area contributed by atoms with E-state index in [-0.39, 0.29) is 5.41 Å². The van der Waals surface area contributed by atoms with E-state index in [4.69, 9.17) is 16.3 Å². The third-order valence-electron chi connectivity index (χ3n) is 3.57. The molecule has 0 amide bonds. The van der Waals surface area contributed by atoms with Crippen LogP contribution < -0.4 is 4.74 Å². The van der Waals surface area contributed by atoms with Gasteiger partial charge in [0.25, 0.3) is 0 Å². The van der Waals surface area contributed by atoms with Crippen molar-refractivity contribution in [3.8, 4) is 11.8 Å². The van der Waals surface area contributed by atoms with Gasteiger partial charge in [0.1, 0.15) is 5.75 Å². The van der Waals surface area contributed by atoms with E-state index < -0.39 is 0 Å². The second-order valence-electron chi connectivity index (χ2n) is 4.61. The van der Waals surface area contributed by atoms with Crippen LogP contribution >= 0.6 is 11.6 Å². The minimum Gasteiger partial charge on any atom is -0.494 e. The summed E-state index contributed by atoms with van der Waals surface area (Å²) < 4.78 is 5.69. The summed E-state index contributed by atoms with van der Waals surface area (Å²) in [6.45, 7) is 6.63. The van der Waals surface area contributed by atoms with Gasteiger partial charge in [-0.25, -0.2) is 0 Å². The average Bonchev–Trinajstić information content (AvgIpc) is 2.39. The van der Waals surface area contributed by atoms with Crippen molar-refractivity contribution in [3.05, 3.63) is 28.8 Å². The number of benzene rings is 1. The molecule has 0 aliphatic heterocycles. The Hall–Kier alpha value is -1.20. The van der Waals surface area contributed by atoms with Gasteiger partial charge in [0, 0.05) is 11.4 Å². The van der Waals surface area contributed by atoms with Gasteiger partial charge in [-0.2, -0.15) is 5.26 Å². The lowest BCUT2D eigenvalue weighted by Gasteiger charge is -2.23. The highest BCUT2D eigenvalue weighted by atomic mass is 35.5. The summed E-state index contributed by atoms with van der Waals surface area (Å²) in [4.78, 5) is 0. The number of aryl methyl sites for hydroxylation is 1. The molecule has 0 saturated heterocycles. The van der Waals surface area contributed by atoms with E-state index in [1.165, 1.54) is 0 Å². The SMILES string of the molecule is CCC(C#N)(CC)CCOc1ccc(Cl)c(C)c1. The van der Waals surface area contributed by atoms with Crippen molar-refractivity contribution in [2.45, 2.75) is 40.0 Å². The minimum atomic E-state index is -0.249. The molecule has 0 unspecified atom stereocenters. The molecule has 0 bridgehead atoms. The first-order chi connectivity index (χ1) is 8.56. The largest absolute Gasteiger partial charge is 0.494 e. The zero-order chi connectivity index (χ0) is 13.6. The lowest BCUT2D eigenvalue weighted by molar-refractivity contribution is 0.231. The van der Waals surface area contributed by atoms with Crippen molar-refractivity contribution in [3.63, 3.8) is 0 Å². The molecule has 0 atom stereocenters. The monoisotopic (exact) mass is 265 g/mol. The Morgan fingerprint density at radius 1 is 1.33 bits per heavy atom. The normalized spacial score (nSPS) is 11.1. The van der Waals surface area contributed by atoms with Gasteiger partial charge in [0.15, 0.2) is 0 Å². The molecule has 98 valence electrons. The molecule has 0 aliphatic rings. The Balaban J connectivity index is 2.56. The maximum Gasteiger partial charge on any atom is 0.119 e. The Bertz CT molecular complexity index is 433. The van der Waals surface area contributed by atoms with Crippen LogP contribution in [-0.2, 0) is 0 Å². The van der Waals surface area contributed by atoms with E-state index in [9.17, 15) is 5.26 Å². The van der Waals surface area contributed by atoms with Crippen LogP contribution in [0.5, 0.6) is 5.75 Å². The standard InChI is InChI=1S/C15H20ClNO/c1-4-15(5-2,11-17)8-9-18-13-6-7-14(16)12(3)10-13/h6-7,10H,4-5,8-9H2,1-3H3. The number of ether oxygens (including phenoxy) is 1. The van der Waals surface area contributed by atoms with Crippen LogP contribution in [0.25, 0.3) is 0 Å². The van der Waals surface area contributed by atoms with Crippen LogP contribution in [0.2, 0.25) is 5.02 Å². The molecule has 0 fully saturated rings. The number of nitriles is 1. The summed E-state index contributed by atoms with van der Waals surface area (Å²) in [6.07, 6.45) is 2.49. The highest BCUT2D eigenvalue weighted by Gasteiger charge is 2.25. The van der Waals surface area contributed by atoms with E-state index in [1.807, 2.05) is 25.1 Å². The number of hydrogen-bond donors (Lipinski definition) is 0. The van der Waals surface area contributed by atoms with Gasteiger partial charge in [0.2, 0.25) is 0 Å². The number of hydrogen-bond acceptors (Lipinski definition) is 2. The van der Waals surface area contributed by atoms with Crippen molar-refractivity contribution in [2.24, 2.45) is 5.41 Å². The van der Waals surface area contributed by atoms with E-state index in [2.05, 4.69) is 19.9 Å². The first kappa shape index (κ1) is 14.9. The minimum absolute atomic E-state index is 0.249.